The van der Waals surface area contributed by atoms with Crippen LogP contribution in [-0.4, -0.2) is 112 Å². The Morgan fingerprint density at radius 2 is 1.61 bits per heavy atom. The van der Waals surface area contributed by atoms with Crippen LogP contribution >= 0.6 is 11.3 Å². The Labute approximate surface area is 446 Å². The number of fused-ring (bicyclic) bond motifs is 3. The molecule has 2 N–H and O–H groups in total. The SMILES string of the molecule is Cc1cc(OC2CCC(OCCN3CCN(c4ccc5c(C6CCC(=O)NC6=O)nn(C)c5c4)CC3)CC2)ccc1-c1ccc(N2CCc3cccc(C(=O)Nc4nc5ccccc5s4)c3C2)nc1C(=O)OC(C)(C)C. The van der Waals surface area contributed by atoms with E-state index in [0.29, 0.717) is 61.0 Å². The van der Waals surface area contributed by atoms with E-state index in [1.54, 1.807) is 0 Å². The lowest BCUT2D eigenvalue weighted by Gasteiger charge is -2.36. The van der Waals surface area contributed by atoms with Gasteiger partial charge in [-0.2, -0.15) is 5.10 Å². The number of benzene rings is 4. The monoisotopic (exact) mass is 1040 g/mol. The van der Waals surface area contributed by atoms with E-state index in [2.05, 4.69) is 54.6 Å². The third-order valence-electron chi connectivity index (χ3n) is 15.2. The lowest BCUT2D eigenvalue weighted by molar-refractivity contribution is -0.134. The molecule has 3 aromatic heterocycles. The number of hydrogen-bond acceptors (Lipinski definition) is 14. The summed E-state index contributed by atoms with van der Waals surface area (Å²) in [7, 11) is 1.91. The standard InChI is InChI=1S/C59H65N9O7S/c1-36-33-41(74-40-16-14-39(15-17-40)73-32-31-66-27-29-67(30-28-66)38-13-19-45-49(34-38)65(5)64-53(45)46-22-24-52(69)62-56(46)71)18-20-42(36)43-21-23-51(61-54(43)57(72)75-59(2,3)4)68-26-25-37-9-8-10-44(47(37)35-68)55(70)63-58-60-48-11-6-7-12-50(48)76-58/h6-13,18-21,23,33-34,39-40,46H,14-17,22,24-32,35H2,1-5H3,(H,60,63,70)(H,62,69,71). The van der Waals surface area contributed by atoms with Gasteiger partial charge in [0.25, 0.3) is 5.91 Å². The van der Waals surface area contributed by atoms with Crippen LogP contribution < -0.4 is 25.2 Å². The minimum absolute atomic E-state index is 0.0831. The fourth-order valence-electron chi connectivity index (χ4n) is 11.2. The van der Waals surface area contributed by atoms with Crippen LogP contribution in [0.15, 0.2) is 91.0 Å². The van der Waals surface area contributed by atoms with Crippen LogP contribution in [-0.2, 0) is 39.1 Å². The average molecular weight is 1040 g/mol. The topological polar surface area (TPSA) is 173 Å². The predicted molar refractivity (Wildman–Crippen MR) is 295 cm³/mol. The van der Waals surface area contributed by atoms with Crippen molar-refractivity contribution in [2.75, 3.05) is 61.0 Å². The summed E-state index contributed by atoms with van der Waals surface area (Å²) in [4.78, 5) is 68.8. The number of pyridine rings is 1. The van der Waals surface area contributed by atoms with Crippen LogP contribution in [0.4, 0.5) is 16.6 Å². The van der Waals surface area contributed by atoms with Crippen LogP contribution in [0.5, 0.6) is 5.75 Å². The van der Waals surface area contributed by atoms with Gasteiger partial charge >= 0.3 is 5.97 Å². The average Bonchev–Trinajstić information content (AvgIpc) is 3.98. The quantitative estimate of drug-likeness (QED) is 0.0827. The van der Waals surface area contributed by atoms with Crippen LogP contribution in [0, 0.1) is 6.92 Å². The molecule has 4 aromatic carbocycles. The van der Waals surface area contributed by atoms with Gasteiger partial charge in [-0.25, -0.2) is 14.8 Å². The number of nitrogens with one attached hydrogen (secondary N) is 2. The number of aryl methyl sites for hydroxylation is 2. The highest BCUT2D eigenvalue weighted by atomic mass is 32.1. The molecule has 2 saturated heterocycles. The van der Waals surface area contributed by atoms with Gasteiger partial charge in [-0.1, -0.05) is 41.7 Å². The molecular weight excluding hydrogens is 979 g/mol. The fraction of sp³-hybridized carbons (Fsp3) is 0.407. The predicted octanol–water partition coefficient (Wildman–Crippen LogP) is 9.37. The first kappa shape index (κ1) is 50.9. The number of anilines is 3. The van der Waals surface area contributed by atoms with Crippen molar-refractivity contribution in [2.45, 2.75) is 103 Å². The molecule has 4 aliphatic rings. The Balaban J connectivity index is 0.675. The zero-order valence-corrected chi connectivity index (χ0v) is 44.7. The number of rotatable bonds is 13. The number of nitrogens with zero attached hydrogens (tertiary/aromatic N) is 7. The maximum absolute atomic E-state index is 14.0. The van der Waals surface area contributed by atoms with E-state index < -0.39 is 17.5 Å². The molecule has 1 atom stereocenters. The number of imide groups is 1. The summed E-state index contributed by atoms with van der Waals surface area (Å²) in [6.45, 7) is 14.0. The molecule has 0 bridgehead atoms. The molecule has 1 saturated carbocycles. The first-order valence-electron chi connectivity index (χ1n) is 26.6. The summed E-state index contributed by atoms with van der Waals surface area (Å²) < 4.78 is 21.8. The van der Waals surface area contributed by atoms with E-state index in [1.807, 2.05) is 106 Å². The zero-order chi connectivity index (χ0) is 52.7. The highest BCUT2D eigenvalue weighted by Gasteiger charge is 2.33. The molecule has 1 aliphatic carbocycles. The van der Waals surface area contributed by atoms with Crippen molar-refractivity contribution in [3.8, 4) is 16.9 Å². The molecule has 11 rings (SSSR count). The number of piperidine rings is 1. The van der Waals surface area contributed by atoms with Crippen molar-refractivity contribution in [2.24, 2.45) is 7.05 Å². The summed E-state index contributed by atoms with van der Waals surface area (Å²) in [5.74, 6) is -0.189. The lowest BCUT2D eigenvalue weighted by Crippen LogP contribution is -2.47. The third-order valence-corrected chi connectivity index (χ3v) is 16.1. The molecule has 7 aromatic rings. The Bertz CT molecular complexity index is 3320. The van der Waals surface area contributed by atoms with Gasteiger partial charge in [0.05, 0.1) is 46.2 Å². The molecule has 6 heterocycles. The molecule has 17 heteroatoms. The van der Waals surface area contributed by atoms with Gasteiger partial charge in [-0.05, 0) is 149 Å². The number of thiazole rings is 1. The number of aromatic nitrogens is 4. The van der Waals surface area contributed by atoms with Gasteiger partial charge < -0.3 is 24.0 Å². The Hall–Kier alpha value is -7.21. The second-order valence-corrected chi connectivity index (χ2v) is 22.6. The van der Waals surface area contributed by atoms with Crippen molar-refractivity contribution < 1.29 is 33.4 Å². The fourth-order valence-corrected chi connectivity index (χ4v) is 12.0. The summed E-state index contributed by atoms with van der Waals surface area (Å²) in [5.41, 5.74) is 8.35. The van der Waals surface area contributed by atoms with Gasteiger partial charge in [-0.15, -0.1) is 0 Å². The Morgan fingerprint density at radius 1 is 0.816 bits per heavy atom. The normalized spacial score (nSPS) is 19.4. The first-order chi connectivity index (χ1) is 36.7. The number of ether oxygens (including phenoxy) is 3. The smallest absolute Gasteiger partial charge is 0.358 e. The number of para-hydroxylation sites is 1. The zero-order valence-electron chi connectivity index (χ0n) is 43.9. The van der Waals surface area contributed by atoms with E-state index in [4.69, 9.17) is 24.3 Å². The van der Waals surface area contributed by atoms with Crippen molar-refractivity contribution in [1.29, 1.82) is 0 Å². The van der Waals surface area contributed by atoms with Crippen LogP contribution in [0.1, 0.15) is 108 Å². The summed E-state index contributed by atoms with van der Waals surface area (Å²) >= 11 is 1.45. The second kappa shape index (κ2) is 21.4. The minimum Gasteiger partial charge on any atom is -0.490 e. The van der Waals surface area contributed by atoms with E-state index >= 15 is 0 Å². The van der Waals surface area contributed by atoms with E-state index in [9.17, 15) is 19.2 Å². The molecule has 1 unspecified atom stereocenters. The van der Waals surface area contributed by atoms with Gasteiger partial charge in [-0.3, -0.25) is 34.6 Å². The number of amides is 3. The van der Waals surface area contributed by atoms with Crippen molar-refractivity contribution in [3.63, 3.8) is 0 Å². The van der Waals surface area contributed by atoms with Crippen LogP contribution in [0.2, 0.25) is 0 Å². The van der Waals surface area contributed by atoms with Gasteiger partial charge in [0, 0.05) is 81.5 Å². The molecule has 3 amide bonds. The number of esters is 1. The Kier molecular flexibility index (Phi) is 14.4. The first-order valence-corrected chi connectivity index (χ1v) is 27.5. The van der Waals surface area contributed by atoms with Gasteiger partial charge in [0.2, 0.25) is 11.8 Å². The number of carbonyl (C=O) groups excluding carboxylic acids is 4. The third kappa shape index (κ3) is 11.0. The molecule has 3 fully saturated rings. The highest BCUT2D eigenvalue weighted by Crippen LogP contribution is 2.37. The molecule has 16 nitrogen and oxygen atoms in total. The van der Waals surface area contributed by atoms with Crippen molar-refractivity contribution >= 4 is 72.8 Å². The molecule has 3 aliphatic heterocycles. The summed E-state index contributed by atoms with van der Waals surface area (Å²) in [6, 6.07) is 30.0. The highest BCUT2D eigenvalue weighted by molar-refractivity contribution is 7.22. The van der Waals surface area contributed by atoms with Crippen LogP contribution in [0.3, 0.4) is 0 Å². The number of carbonyl (C=O) groups is 4. The molecule has 0 spiro atoms. The summed E-state index contributed by atoms with van der Waals surface area (Å²) in [6.07, 6.45) is 5.51. The molecule has 76 heavy (non-hydrogen) atoms. The minimum atomic E-state index is -0.732. The second-order valence-electron chi connectivity index (χ2n) is 21.5. The van der Waals surface area contributed by atoms with E-state index in [0.717, 1.165) is 119 Å². The summed E-state index contributed by atoms with van der Waals surface area (Å²) in [5, 5.41) is 11.7. The largest absolute Gasteiger partial charge is 0.490 e. The van der Waals surface area contributed by atoms with Crippen LogP contribution in [0.25, 0.3) is 32.2 Å². The van der Waals surface area contributed by atoms with Gasteiger partial charge in [0.15, 0.2) is 10.8 Å². The van der Waals surface area contributed by atoms with Crippen molar-refractivity contribution in [1.82, 2.24) is 30.0 Å². The molecular formula is C59H65N9O7S. The molecule has 0 radical (unpaired) electrons. The van der Waals surface area contributed by atoms with Crippen molar-refractivity contribution in [3.05, 3.63) is 125 Å². The molecule has 394 valence electrons. The van der Waals surface area contributed by atoms with E-state index in [-0.39, 0.29) is 35.6 Å². The van der Waals surface area contributed by atoms with Gasteiger partial charge in [0.1, 0.15) is 17.2 Å². The van der Waals surface area contributed by atoms with E-state index in [1.165, 1.54) is 11.3 Å². The maximum Gasteiger partial charge on any atom is 0.358 e. The lowest BCUT2D eigenvalue weighted by atomic mass is 9.93. The number of hydrogen-bond donors (Lipinski definition) is 2. The number of piperazine rings is 1. The Morgan fingerprint density at radius 3 is 2.38 bits per heavy atom. The maximum atomic E-state index is 14.0.